The number of carbonyl (C=O) groups is 4. The van der Waals surface area contributed by atoms with Crippen molar-refractivity contribution >= 4 is 39.5 Å². The first-order chi connectivity index (χ1) is 46.8. The molecule has 0 aliphatic heterocycles. The predicted molar refractivity (Wildman–Crippen MR) is 395 cm³/mol. The molecule has 6 atom stereocenters. The second-order valence-corrected chi connectivity index (χ2v) is 32.2. The molecule has 0 amide bonds. The Morgan fingerprint density at radius 1 is 0.299 bits per heavy atom. The molecule has 0 saturated carbocycles. The van der Waals surface area contributed by atoms with Gasteiger partial charge in [0, 0.05) is 25.7 Å². The highest BCUT2D eigenvalue weighted by molar-refractivity contribution is 7.47. The predicted octanol–water partition coefficient (Wildman–Crippen LogP) is 23.0. The molecular weight excluding hydrogens is 1270 g/mol. The fraction of sp³-hybridized carbons (Fsp3) is 0.949. The van der Waals surface area contributed by atoms with Crippen molar-refractivity contribution in [1.82, 2.24) is 0 Å². The van der Waals surface area contributed by atoms with Gasteiger partial charge in [-0.2, -0.15) is 0 Å². The van der Waals surface area contributed by atoms with E-state index in [1.165, 1.54) is 212 Å². The first kappa shape index (κ1) is 95.1. The molecule has 0 aromatic rings. The molecule has 3 unspecified atom stereocenters. The van der Waals surface area contributed by atoms with Crippen molar-refractivity contribution in [2.75, 3.05) is 39.6 Å². The SMILES string of the molecule is CCCCCCCCCCCC(=O)OC[C@H](COP(=O)(O)OC[C@H](O)COP(=O)(O)OC[C@@H](COC(=O)CCCCCCCCCCCCCCC(C)C)OC(=O)CCCCCCCCCCCCCCCCC(C)CC)OC(=O)CCCCCCCCCCCCCCC(C)C. The Hall–Kier alpha value is -1.94. The van der Waals surface area contributed by atoms with Crippen LogP contribution in [-0.2, 0) is 65.4 Å². The Morgan fingerprint density at radius 3 is 0.784 bits per heavy atom. The van der Waals surface area contributed by atoms with Crippen LogP contribution in [0.2, 0.25) is 0 Å². The average molecular weight is 1420 g/mol. The largest absolute Gasteiger partial charge is 0.472 e. The first-order valence-corrected chi connectivity index (χ1v) is 43.4. The summed E-state index contributed by atoms with van der Waals surface area (Å²) >= 11 is 0. The van der Waals surface area contributed by atoms with Crippen LogP contribution in [0.1, 0.15) is 402 Å². The number of esters is 4. The number of carbonyl (C=O) groups excluding carboxylic acids is 4. The summed E-state index contributed by atoms with van der Waals surface area (Å²) in [5.74, 6) is 0.290. The van der Waals surface area contributed by atoms with E-state index in [1.54, 1.807) is 0 Å². The van der Waals surface area contributed by atoms with Gasteiger partial charge < -0.3 is 33.8 Å². The van der Waals surface area contributed by atoms with Crippen LogP contribution < -0.4 is 0 Å². The van der Waals surface area contributed by atoms with Gasteiger partial charge in [-0.05, 0) is 43.4 Å². The minimum absolute atomic E-state index is 0.107. The molecule has 0 radical (unpaired) electrons. The van der Waals surface area contributed by atoms with Gasteiger partial charge in [-0.25, -0.2) is 9.13 Å². The van der Waals surface area contributed by atoms with E-state index in [0.717, 1.165) is 108 Å². The van der Waals surface area contributed by atoms with E-state index in [2.05, 4.69) is 48.5 Å². The van der Waals surface area contributed by atoms with Crippen LogP contribution >= 0.6 is 15.6 Å². The van der Waals surface area contributed by atoms with Crippen LogP contribution in [0.4, 0.5) is 0 Å². The molecule has 0 aromatic heterocycles. The summed E-state index contributed by atoms with van der Waals surface area (Å²) in [4.78, 5) is 72.9. The fourth-order valence-electron chi connectivity index (χ4n) is 11.9. The van der Waals surface area contributed by atoms with Gasteiger partial charge in [0.25, 0.3) is 0 Å². The van der Waals surface area contributed by atoms with E-state index in [1.807, 2.05) is 0 Å². The van der Waals surface area contributed by atoms with Crippen LogP contribution in [0.15, 0.2) is 0 Å². The second kappa shape index (κ2) is 68.5. The van der Waals surface area contributed by atoms with Crippen LogP contribution in [0, 0.1) is 17.8 Å². The molecule has 576 valence electrons. The van der Waals surface area contributed by atoms with Crippen LogP contribution in [0.3, 0.4) is 0 Å². The second-order valence-electron chi connectivity index (χ2n) is 29.3. The zero-order valence-electron chi connectivity index (χ0n) is 63.5. The molecule has 17 nitrogen and oxygen atoms in total. The maximum Gasteiger partial charge on any atom is 0.472 e. The third-order valence-electron chi connectivity index (χ3n) is 18.5. The maximum atomic E-state index is 13.1. The summed E-state index contributed by atoms with van der Waals surface area (Å²) in [6, 6.07) is 0. The van der Waals surface area contributed by atoms with Crippen molar-refractivity contribution < 1.29 is 80.2 Å². The number of aliphatic hydroxyl groups is 1. The average Bonchev–Trinajstić information content (AvgIpc) is 1.12. The quantitative estimate of drug-likeness (QED) is 0.0222. The van der Waals surface area contributed by atoms with E-state index in [4.69, 9.17) is 37.0 Å². The Morgan fingerprint density at radius 2 is 0.526 bits per heavy atom. The van der Waals surface area contributed by atoms with Gasteiger partial charge in [0.15, 0.2) is 12.2 Å². The summed E-state index contributed by atoms with van der Waals surface area (Å²) < 4.78 is 68.6. The number of rotatable bonds is 76. The monoisotopic (exact) mass is 1420 g/mol. The molecule has 0 heterocycles. The van der Waals surface area contributed by atoms with Crippen molar-refractivity contribution in [2.24, 2.45) is 17.8 Å². The zero-order chi connectivity index (χ0) is 71.6. The Labute approximate surface area is 594 Å². The molecular formula is C78H152O17P2. The Kier molecular flexibility index (Phi) is 67.1. The van der Waals surface area contributed by atoms with Crippen molar-refractivity contribution in [3.8, 4) is 0 Å². The molecule has 0 saturated heterocycles. The molecule has 0 fully saturated rings. The van der Waals surface area contributed by atoms with Gasteiger partial charge in [-0.1, -0.05) is 350 Å². The molecule has 0 rings (SSSR count). The summed E-state index contributed by atoms with van der Waals surface area (Å²) in [6.07, 6.45) is 55.3. The van der Waals surface area contributed by atoms with Gasteiger partial charge in [0.2, 0.25) is 0 Å². The molecule has 0 aromatic carbocycles. The van der Waals surface area contributed by atoms with E-state index < -0.39 is 97.5 Å². The lowest BCUT2D eigenvalue weighted by atomic mass is 9.99. The van der Waals surface area contributed by atoms with E-state index in [-0.39, 0.29) is 25.7 Å². The maximum absolute atomic E-state index is 13.1. The molecule has 3 N–H and O–H groups in total. The van der Waals surface area contributed by atoms with E-state index in [0.29, 0.717) is 25.7 Å². The van der Waals surface area contributed by atoms with Gasteiger partial charge in [-0.15, -0.1) is 0 Å². The molecule has 19 heteroatoms. The highest BCUT2D eigenvalue weighted by Crippen LogP contribution is 2.45. The number of hydrogen-bond donors (Lipinski definition) is 3. The van der Waals surface area contributed by atoms with Crippen molar-refractivity contribution in [1.29, 1.82) is 0 Å². The van der Waals surface area contributed by atoms with Gasteiger partial charge in [0.1, 0.15) is 19.3 Å². The number of aliphatic hydroxyl groups excluding tert-OH is 1. The highest BCUT2D eigenvalue weighted by Gasteiger charge is 2.30. The number of hydrogen-bond acceptors (Lipinski definition) is 15. The first-order valence-electron chi connectivity index (χ1n) is 40.4. The smallest absolute Gasteiger partial charge is 0.462 e. The number of ether oxygens (including phenoxy) is 4. The topological polar surface area (TPSA) is 237 Å². The van der Waals surface area contributed by atoms with Gasteiger partial charge in [0.05, 0.1) is 26.4 Å². The van der Waals surface area contributed by atoms with Gasteiger partial charge >= 0.3 is 39.5 Å². The molecule has 0 aliphatic rings. The number of unbranched alkanes of at least 4 members (excludes halogenated alkanes) is 43. The number of phosphoric acid groups is 2. The molecule has 0 bridgehead atoms. The lowest BCUT2D eigenvalue weighted by Crippen LogP contribution is -2.30. The third-order valence-corrected chi connectivity index (χ3v) is 20.4. The van der Waals surface area contributed by atoms with Crippen LogP contribution in [0.5, 0.6) is 0 Å². The van der Waals surface area contributed by atoms with Crippen molar-refractivity contribution in [3.05, 3.63) is 0 Å². The minimum Gasteiger partial charge on any atom is -0.462 e. The summed E-state index contributed by atoms with van der Waals surface area (Å²) in [5.41, 5.74) is 0. The molecule has 97 heavy (non-hydrogen) atoms. The summed E-state index contributed by atoms with van der Waals surface area (Å²) in [7, 11) is -9.91. The highest BCUT2D eigenvalue weighted by atomic mass is 31.2. The lowest BCUT2D eigenvalue weighted by Gasteiger charge is -2.21. The van der Waals surface area contributed by atoms with Crippen molar-refractivity contribution in [3.63, 3.8) is 0 Å². The Bertz CT molecular complexity index is 1890. The van der Waals surface area contributed by atoms with Crippen LogP contribution in [0.25, 0.3) is 0 Å². The van der Waals surface area contributed by atoms with Crippen molar-refractivity contribution in [2.45, 2.75) is 420 Å². The zero-order valence-corrected chi connectivity index (χ0v) is 65.3. The third kappa shape index (κ3) is 70.9. The fourth-order valence-corrected chi connectivity index (χ4v) is 13.5. The van der Waals surface area contributed by atoms with Crippen LogP contribution in [-0.4, -0.2) is 96.7 Å². The Balaban J connectivity index is 5.24. The lowest BCUT2D eigenvalue weighted by molar-refractivity contribution is -0.161. The number of phosphoric ester groups is 2. The summed E-state index contributed by atoms with van der Waals surface area (Å²) in [5, 5.41) is 10.6. The van der Waals surface area contributed by atoms with Gasteiger partial charge in [-0.3, -0.25) is 37.3 Å². The normalized spacial score (nSPS) is 14.3. The molecule has 0 spiro atoms. The summed E-state index contributed by atoms with van der Waals surface area (Å²) in [6.45, 7) is 12.0. The van der Waals surface area contributed by atoms with E-state index >= 15 is 0 Å². The minimum atomic E-state index is -4.96. The standard InChI is InChI=1S/C78H152O17P2/c1-8-10-11-12-13-28-38-45-52-59-75(80)88-65-73(94-78(83)62-55-48-41-34-27-21-19-23-30-36-43-50-57-70(5)6)67-92-96(84,85)90-63-72(79)64-91-97(86,87)93-68-74(66-89-76(81)60-53-46-39-32-25-20-18-22-29-35-42-49-56-69(3)4)95-77(82)61-54-47-40-33-26-17-15-14-16-24-31-37-44-51-58-71(7)9-2/h69-74,79H,8-68H2,1-7H3,(H,84,85)(H,86,87)/t71?,72-,73+,74+/m0/s1. The van der Waals surface area contributed by atoms with E-state index in [9.17, 15) is 43.2 Å². The molecule has 0 aliphatic carbocycles.